The Morgan fingerprint density at radius 1 is 1.38 bits per heavy atom. The van der Waals surface area contributed by atoms with E-state index >= 15 is 0 Å². The topological polar surface area (TPSA) is 50.7 Å². The Hall–Kier alpha value is -1.33. The Morgan fingerprint density at radius 3 is 2.94 bits per heavy atom. The quantitative estimate of drug-likeness (QED) is 0.879. The Labute approximate surface area is 98.8 Å². The zero-order chi connectivity index (χ0) is 11.4. The molecule has 5 heteroatoms. The maximum absolute atomic E-state index is 4.51. The molecule has 0 bridgehead atoms. The predicted molar refractivity (Wildman–Crippen MR) is 65.3 cm³/mol. The molecule has 2 aromatic heterocycles. The van der Waals surface area contributed by atoms with Crippen LogP contribution in [0.25, 0.3) is 10.7 Å². The molecule has 1 N–H and O–H groups in total. The normalized spacial score (nSPS) is 10.6. The first-order chi connectivity index (χ1) is 7.81. The minimum atomic E-state index is 0.846. The van der Waals surface area contributed by atoms with Gasteiger partial charge < -0.3 is 5.32 Å². The lowest BCUT2D eigenvalue weighted by Crippen LogP contribution is -2.11. The van der Waals surface area contributed by atoms with Crippen molar-refractivity contribution in [1.82, 2.24) is 20.3 Å². The lowest BCUT2D eigenvalue weighted by Gasteiger charge is -1.97. The number of rotatable bonds is 4. The number of hydrogen-bond acceptors (Lipinski definition) is 5. The summed E-state index contributed by atoms with van der Waals surface area (Å²) in [6.07, 6.45) is 5.11. The summed E-state index contributed by atoms with van der Waals surface area (Å²) < 4.78 is 0. The molecule has 0 radical (unpaired) electrons. The van der Waals surface area contributed by atoms with Gasteiger partial charge in [0, 0.05) is 23.8 Å². The van der Waals surface area contributed by atoms with Crippen molar-refractivity contribution in [3.8, 4) is 10.7 Å². The molecule has 2 rings (SSSR count). The van der Waals surface area contributed by atoms with E-state index in [2.05, 4.69) is 27.2 Å². The Balaban J connectivity index is 2.24. The summed E-state index contributed by atoms with van der Waals surface area (Å²) in [5.74, 6) is 0. The van der Waals surface area contributed by atoms with Crippen molar-refractivity contribution in [3.05, 3.63) is 29.2 Å². The molecule has 0 amide bonds. The van der Waals surface area contributed by atoms with Gasteiger partial charge in [-0.05, 0) is 13.5 Å². The van der Waals surface area contributed by atoms with Crippen LogP contribution in [0.5, 0.6) is 0 Å². The van der Waals surface area contributed by atoms with Crippen molar-refractivity contribution in [2.75, 3.05) is 6.54 Å². The largest absolute Gasteiger partial charge is 0.312 e. The predicted octanol–water partition coefficient (Wildman–Crippen LogP) is 2.02. The average Bonchev–Trinajstić information content (AvgIpc) is 2.69. The molecule has 0 atom stereocenters. The van der Waals surface area contributed by atoms with Crippen LogP contribution in [0.3, 0.4) is 0 Å². The average molecular weight is 234 g/mol. The van der Waals surface area contributed by atoms with E-state index < -0.39 is 0 Å². The third-order valence-corrected chi connectivity index (χ3v) is 3.39. The fourth-order valence-corrected chi connectivity index (χ4v) is 2.34. The first-order valence-electron chi connectivity index (χ1n) is 5.24. The van der Waals surface area contributed by atoms with Crippen LogP contribution in [0, 0.1) is 6.92 Å². The monoisotopic (exact) mass is 234 g/mol. The van der Waals surface area contributed by atoms with Crippen LogP contribution in [0.15, 0.2) is 18.6 Å². The van der Waals surface area contributed by atoms with E-state index in [1.165, 1.54) is 4.88 Å². The van der Waals surface area contributed by atoms with Crippen molar-refractivity contribution in [1.29, 1.82) is 0 Å². The van der Waals surface area contributed by atoms with Crippen molar-refractivity contribution in [2.24, 2.45) is 0 Å². The number of hydrogen-bond donors (Lipinski definition) is 1. The number of nitrogens with one attached hydrogen (secondary N) is 1. The summed E-state index contributed by atoms with van der Waals surface area (Å²) >= 11 is 1.68. The summed E-state index contributed by atoms with van der Waals surface area (Å²) in [5, 5.41) is 4.25. The van der Waals surface area contributed by atoms with Gasteiger partial charge in [0.1, 0.15) is 10.7 Å². The van der Waals surface area contributed by atoms with Crippen LogP contribution >= 0.6 is 11.3 Å². The van der Waals surface area contributed by atoms with Gasteiger partial charge in [-0.25, -0.2) is 4.98 Å². The number of thiazole rings is 1. The van der Waals surface area contributed by atoms with E-state index in [1.54, 1.807) is 29.9 Å². The van der Waals surface area contributed by atoms with Gasteiger partial charge in [-0.2, -0.15) is 0 Å². The standard InChI is InChI=1S/C11H14N4S/c1-3-12-7-10-8(2)15-11(16-10)9-6-13-4-5-14-9/h4-6,12H,3,7H2,1-2H3. The molecule has 2 heterocycles. The van der Waals surface area contributed by atoms with E-state index in [9.17, 15) is 0 Å². The highest BCUT2D eigenvalue weighted by molar-refractivity contribution is 7.15. The fourth-order valence-electron chi connectivity index (χ4n) is 1.35. The SMILES string of the molecule is CCNCc1sc(-c2cnccn2)nc1C. The Morgan fingerprint density at radius 2 is 2.25 bits per heavy atom. The van der Waals surface area contributed by atoms with E-state index in [1.807, 2.05) is 6.92 Å². The molecular formula is C11H14N4S. The second-order valence-electron chi connectivity index (χ2n) is 3.40. The van der Waals surface area contributed by atoms with E-state index in [4.69, 9.17) is 0 Å². The van der Waals surface area contributed by atoms with Gasteiger partial charge in [0.15, 0.2) is 0 Å². The third kappa shape index (κ3) is 2.43. The maximum atomic E-state index is 4.51. The molecular weight excluding hydrogens is 220 g/mol. The highest BCUT2D eigenvalue weighted by Crippen LogP contribution is 2.25. The first-order valence-corrected chi connectivity index (χ1v) is 6.06. The molecule has 4 nitrogen and oxygen atoms in total. The van der Waals surface area contributed by atoms with Crippen LogP contribution in [0.2, 0.25) is 0 Å². The summed E-state index contributed by atoms with van der Waals surface area (Å²) in [6.45, 7) is 5.97. The van der Waals surface area contributed by atoms with Crippen molar-refractivity contribution >= 4 is 11.3 Å². The molecule has 16 heavy (non-hydrogen) atoms. The van der Waals surface area contributed by atoms with Crippen LogP contribution in [-0.2, 0) is 6.54 Å². The van der Waals surface area contributed by atoms with Crippen LogP contribution in [-0.4, -0.2) is 21.5 Å². The number of aromatic nitrogens is 3. The molecule has 2 aromatic rings. The van der Waals surface area contributed by atoms with Crippen molar-refractivity contribution < 1.29 is 0 Å². The lowest BCUT2D eigenvalue weighted by atomic mass is 10.4. The number of nitrogens with zero attached hydrogens (tertiary/aromatic N) is 3. The van der Waals surface area contributed by atoms with Crippen molar-refractivity contribution in [3.63, 3.8) is 0 Å². The first kappa shape index (κ1) is 11.2. The number of aryl methyl sites for hydroxylation is 1. The summed E-state index contributed by atoms with van der Waals surface area (Å²) in [7, 11) is 0. The van der Waals surface area contributed by atoms with Gasteiger partial charge in [0.05, 0.1) is 11.9 Å². The molecule has 0 aromatic carbocycles. The van der Waals surface area contributed by atoms with Crippen LogP contribution < -0.4 is 5.32 Å². The van der Waals surface area contributed by atoms with Gasteiger partial charge in [-0.15, -0.1) is 11.3 Å². The van der Waals surface area contributed by atoms with Gasteiger partial charge in [0.25, 0.3) is 0 Å². The molecule has 84 valence electrons. The van der Waals surface area contributed by atoms with E-state index in [0.717, 1.165) is 29.5 Å². The van der Waals surface area contributed by atoms with E-state index in [-0.39, 0.29) is 0 Å². The summed E-state index contributed by atoms with van der Waals surface area (Å²) in [6, 6.07) is 0. The molecule has 0 aliphatic heterocycles. The van der Waals surface area contributed by atoms with Gasteiger partial charge in [-0.1, -0.05) is 6.92 Å². The minimum Gasteiger partial charge on any atom is -0.312 e. The maximum Gasteiger partial charge on any atom is 0.144 e. The molecule has 0 aliphatic carbocycles. The molecule has 0 unspecified atom stereocenters. The van der Waals surface area contributed by atoms with Crippen LogP contribution in [0.1, 0.15) is 17.5 Å². The smallest absolute Gasteiger partial charge is 0.144 e. The second kappa shape index (κ2) is 5.14. The summed E-state index contributed by atoms with van der Waals surface area (Å²) in [4.78, 5) is 14.1. The van der Waals surface area contributed by atoms with E-state index in [0.29, 0.717) is 0 Å². The lowest BCUT2D eigenvalue weighted by molar-refractivity contribution is 0.731. The minimum absolute atomic E-state index is 0.846. The van der Waals surface area contributed by atoms with Gasteiger partial charge in [-0.3, -0.25) is 9.97 Å². The molecule has 0 saturated carbocycles. The van der Waals surface area contributed by atoms with Crippen molar-refractivity contribution in [2.45, 2.75) is 20.4 Å². The Bertz CT molecular complexity index is 452. The highest BCUT2D eigenvalue weighted by Gasteiger charge is 2.09. The van der Waals surface area contributed by atoms with Gasteiger partial charge in [0.2, 0.25) is 0 Å². The van der Waals surface area contributed by atoms with Crippen LogP contribution in [0.4, 0.5) is 0 Å². The summed E-state index contributed by atoms with van der Waals surface area (Å²) in [5.41, 5.74) is 1.92. The molecule has 0 fully saturated rings. The zero-order valence-corrected chi connectivity index (χ0v) is 10.2. The second-order valence-corrected chi connectivity index (χ2v) is 4.48. The highest BCUT2D eigenvalue weighted by atomic mass is 32.1. The molecule has 0 spiro atoms. The molecule has 0 aliphatic rings. The fraction of sp³-hybridized carbons (Fsp3) is 0.364. The third-order valence-electron chi connectivity index (χ3n) is 2.21. The zero-order valence-electron chi connectivity index (χ0n) is 9.40. The molecule has 0 saturated heterocycles. The Kier molecular flexibility index (Phi) is 3.58. The van der Waals surface area contributed by atoms with Gasteiger partial charge >= 0.3 is 0 Å².